The van der Waals surface area contributed by atoms with Crippen LogP contribution in [0.1, 0.15) is 44.2 Å². The Balaban J connectivity index is 1.81. The number of hydrogen-bond donors (Lipinski definition) is 2. The van der Waals surface area contributed by atoms with Crippen LogP contribution in [-0.2, 0) is 16.1 Å². The highest BCUT2D eigenvalue weighted by Gasteiger charge is 2.46. The minimum atomic E-state index is -1.04. The van der Waals surface area contributed by atoms with Crippen LogP contribution in [0.25, 0.3) is 5.76 Å². The fourth-order valence-corrected chi connectivity index (χ4v) is 4.02. The highest BCUT2D eigenvalue weighted by Crippen LogP contribution is 2.40. The molecule has 1 fully saturated rings. The molecular weight excluding hydrogens is 418 g/mol. The van der Waals surface area contributed by atoms with Crippen molar-refractivity contribution in [3.63, 3.8) is 0 Å². The van der Waals surface area contributed by atoms with E-state index in [2.05, 4.69) is 0 Å². The maximum Gasteiger partial charge on any atom is 0.335 e. The van der Waals surface area contributed by atoms with Gasteiger partial charge in [0.15, 0.2) is 0 Å². The molecule has 6 heteroatoms. The molecule has 0 aromatic heterocycles. The first-order valence-electron chi connectivity index (χ1n) is 10.5. The number of likely N-dealkylation sites (tertiary alicyclic amines) is 1. The first-order valence-corrected chi connectivity index (χ1v) is 10.5. The molecule has 3 aromatic carbocycles. The zero-order chi connectivity index (χ0) is 23.7. The van der Waals surface area contributed by atoms with Crippen molar-refractivity contribution in [3.05, 3.63) is 112 Å². The molecule has 1 aliphatic rings. The van der Waals surface area contributed by atoms with Gasteiger partial charge in [0.1, 0.15) is 5.76 Å². The average Bonchev–Trinajstić information content (AvgIpc) is 3.06. The number of nitrogens with zero attached hydrogens (tertiary/aromatic N) is 1. The minimum Gasteiger partial charge on any atom is -0.507 e. The molecular formula is C27H23NO5. The summed E-state index contributed by atoms with van der Waals surface area (Å²) in [5.41, 5.74) is 4.03. The Kier molecular flexibility index (Phi) is 5.84. The number of aliphatic hydroxyl groups excluding tert-OH is 1. The fourth-order valence-electron chi connectivity index (χ4n) is 4.02. The topological polar surface area (TPSA) is 94.9 Å². The van der Waals surface area contributed by atoms with Crippen LogP contribution in [0, 0.1) is 13.8 Å². The largest absolute Gasteiger partial charge is 0.507 e. The SMILES string of the molecule is Cc1ccc(/C(O)=C2/C(=O)C(=O)N(Cc3ccc(C(=O)O)cc3)C2c2ccccc2)cc1C. The summed E-state index contributed by atoms with van der Waals surface area (Å²) in [4.78, 5) is 38.7. The van der Waals surface area contributed by atoms with E-state index in [0.717, 1.165) is 11.1 Å². The number of aryl methyl sites for hydroxylation is 2. The van der Waals surface area contributed by atoms with Crippen molar-refractivity contribution < 1.29 is 24.6 Å². The second-order valence-corrected chi connectivity index (χ2v) is 8.14. The fraction of sp³-hybridized carbons (Fsp3) is 0.148. The summed E-state index contributed by atoms with van der Waals surface area (Å²) in [7, 11) is 0. The number of carboxylic acids is 1. The number of hydrogen-bond acceptors (Lipinski definition) is 4. The molecule has 2 N–H and O–H groups in total. The minimum absolute atomic E-state index is 0.0385. The summed E-state index contributed by atoms with van der Waals surface area (Å²) in [6.07, 6.45) is 0. The van der Waals surface area contributed by atoms with Gasteiger partial charge in [0, 0.05) is 12.1 Å². The number of aromatic carboxylic acids is 1. The van der Waals surface area contributed by atoms with E-state index in [4.69, 9.17) is 5.11 Å². The average molecular weight is 441 g/mol. The lowest BCUT2D eigenvalue weighted by Crippen LogP contribution is -2.29. The molecule has 0 spiro atoms. The zero-order valence-electron chi connectivity index (χ0n) is 18.3. The molecule has 6 nitrogen and oxygen atoms in total. The zero-order valence-corrected chi connectivity index (χ0v) is 18.3. The quantitative estimate of drug-likeness (QED) is 0.342. The third-order valence-electron chi connectivity index (χ3n) is 5.99. The Bertz CT molecular complexity index is 1280. The van der Waals surface area contributed by atoms with Crippen molar-refractivity contribution in [1.82, 2.24) is 4.90 Å². The molecule has 1 atom stereocenters. The standard InChI is InChI=1S/C27H23NO5/c1-16-8-11-21(14-17(16)2)24(29)22-23(19-6-4-3-5-7-19)28(26(31)25(22)30)15-18-9-12-20(13-10-18)27(32)33/h3-14,23,29H,15H2,1-2H3,(H,32,33)/b24-22-. The number of Topliss-reactive ketones (excluding diaryl/α,β-unsaturated/α-hetero) is 1. The summed E-state index contributed by atoms with van der Waals surface area (Å²) in [6, 6.07) is 19.9. The van der Waals surface area contributed by atoms with Gasteiger partial charge in [-0.2, -0.15) is 0 Å². The van der Waals surface area contributed by atoms with Crippen LogP contribution in [0.2, 0.25) is 0 Å². The van der Waals surface area contributed by atoms with Gasteiger partial charge in [-0.15, -0.1) is 0 Å². The van der Waals surface area contributed by atoms with Gasteiger partial charge in [0.05, 0.1) is 17.2 Å². The van der Waals surface area contributed by atoms with Gasteiger partial charge in [-0.05, 0) is 54.3 Å². The number of rotatable bonds is 5. The van der Waals surface area contributed by atoms with Crippen LogP contribution in [-0.4, -0.2) is 32.8 Å². The Morgan fingerprint density at radius 3 is 2.09 bits per heavy atom. The number of carboxylic acid groups (broad SMARTS) is 1. The molecule has 4 rings (SSSR count). The van der Waals surface area contributed by atoms with Crippen molar-refractivity contribution in [3.8, 4) is 0 Å². The monoisotopic (exact) mass is 441 g/mol. The van der Waals surface area contributed by atoms with Crippen LogP contribution in [0.5, 0.6) is 0 Å². The second-order valence-electron chi connectivity index (χ2n) is 8.14. The van der Waals surface area contributed by atoms with Crippen LogP contribution in [0.3, 0.4) is 0 Å². The third-order valence-corrected chi connectivity index (χ3v) is 5.99. The first kappa shape index (κ1) is 22.0. The van der Waals surface area contributed by atoms with Crippen LogP contribution >= 0.6 is 0 Å². The molecule has 1 saturated heterocycles. The lowest BCUT2D eigenvalue weighted by Gasteiger charge is -2.25. The van der Waals surface area contributed by atoms with Crippen molar-refractivity contribution in [1.29, 1.82) is 0 Å². The number of aliphatic hydroxyl groups is 1. The number of benzene rings is 3. The molecule has 0 aliphatic carbocycles. The summed E-state index contributed by atoms with van der Waals surface area (Å²) in [6.45, 7) is 3.96. The molecule has 1 unspecified atom stereocenters. The molecule has 1 amide bonds. The van der Waals surface area contributed by atoms with E-state index in [-0.39, 0.29) is 23.4 Å². The molecule has 3 aromatic rings. The Hall–Kier alpha value is -4.19. The number of amides is 1. The summed E-state index contributed by atoms with van der Waals surface area (Å²) in [5.74, 6) is -2.72. The molecule has 0 bridgehead atoms. The normalized spacial score (nSPS) is 17.4. The van der Waals surface area contributed by atoms with E-state index >= 15 is 0 Å². The summed E-state index contributed by atoms with van der Waals surface area (Å²) in [5, 5.41) is 20.3. The number of carbonyl (C=O) groups is 3. The van der Waals surface area contributed by atoms with Crippen LogP contribution in [0.15, 0.2) is 78.4 Å². The maximum absolute atomic E-state index is 13.1. The molecule has 0 saturated carbocycles. The van der Waals surface area contributed by atoms with Crippen molar-refractivity contribution in [2.75, 3.05) is 0 Å². The van der Waals surface area contributed by atoms with Crippen molar-refractivity contribution in [2.24, 2.45) is 0 Å². The van der Waals surface area contributed by atoms with Gasteiger partial charge in [-0.3, -0.25) is 9.59 Å². The van der Waals surface area contributed by atoms with Gasteiger partial charge < -0.3 is 15.1 Å². The maximum atomic E-state index is 13.1. The van der Waals surface area contributed by atoms with Gasteiger partial charge in [-0.1, -0.05) is 54.6 Å². The highest BCUT2D eigenvalue weighted by molar-refractivity contribution is 6.46. The van der Waals surface area contributed by atoms with E-state index in [1.807, 2.05) is 50.2 Å². The lowest BCUT2D eigenvalue weighted by molar-refractivity contribution is -0.140. The highest BCUT2D eigenvalue weighted by atomic mass is 16.4. The Labute approximate surface area is 191 Å². The van der Waals surface area contributed by atoms with E-state index in [9.17, 15) is 19.5 Å². The predicted molar refractivity (Wildman–Crippen MR) is 124 cm³/mol. The van der Waals surface area contributed by atoms with Gasteiger partial charge >= 0.3 is 5.97 Å². The van der Waals surface area contributed by atoms with Gasteiger partial charge in [0.2, 0.25) is 0 Å². The third kappa shape index (κ3) is 4.15. The Morgan fingerprint density at radius 2 is 1.48 bits per heavy atom. The van der Waals surface area contributed by atoms with E-state index < -0.39 is 23.7 Å². The molecule has 166 valence electrons. The predicted octanol–water partition coefficient (Wildman–Crippen LogP) is 4.62. The van der Waals surface area contributed by atoms with Gasteiger partial charge in [0.25, 0.3) is 11.7 Å². The lowest BCUT2D eigenvalue weighted by atomic mass is 9.94. The van der Waals surface area contributed by atoms with Gasteiger partial charge in [-0.25, -0.2) is 4.79 Å². The number of ketones is 1. The summed E-state index contributed by atoms with van der Waals surface area (Å²) < 4.78 is 0. The van der Waals surface area contributed by atoms with Crippen molar-refractivity contribution >= 4 is 23.4 Å². The second kappa shape index (κ2) is 8.74. The van der Waals surface area contributed by atoms with Crippen LogP contribution in [0.4, 0.5) is 0 Å². The summed E-state index contributed by atoms with van der Waals surface area (Å²) >= 11 is 0. The van der Waals surface area contributed by atoms with Crippen LogP contribution < -0.4 is 0 Å². The number of carbonyl (C=O) groups excluding carboxylic acids is 2. The molecule has 1 heterocycles. The van der Waals surface area contributed by atoms with E-state index in [0.29, 0.717) is 16.7 Å². The van der Waals surface area contributed by atoms with E-state index in [1.54, 1.807) is 24.3 Å². The Morgan fingerprint density at radius 1 is 0.848 bits per heavy atom. The van der Waals surface area contributed by atoms with E-state index in [1.165, 1.54) is 17.0 Å². The molecule has 0 radical (unpaired) electrons. The molecule has 33 heavy (non-hydrogen) atoms. The molecule has 1 aliphatic heterocycles. The smallest absolute Gasteiger partial charge is 0.335 e. The van der Waals surface area contributed by atoms with Crippen molar-refractivity contribution in [2.45, 2.75) is 26.4 Å². The first-order chi connectivity index (χ1) is 15.8.